The molecule has 0 aliphatic carbocycles. The van der Waals surface area contributed by atoms with Gasteiger partial charge >= 0.3 is 6.09 Å². The number of carbonyl (C=O) groups is 2. The Kier molecular flexibility index (Phi) is 4.31. The summed E-state index contributed by atoms with van der Waals surface area (Å²) in [5.74, 6) is -0.136. The van der Waals surface area contributed by atoms with Gasteiger partial charge in [0, 0.05) is 18.3 Å². The molecule has 0 heterocycles. The Morgan fingerprint density at radius 1 is 1.00 bits per heavy atom. The lowest BCUT2D eigenvalue weighted by atomic mass is 10.2. The molecule has 2 amide bonds. The highest BCUT2D eigenvalue weighted by atomic mass is 16.6. The van der Waals surface area contributed by atoms with Crippen LogP contribution in [0.4, 0.5) is 16.2 Å². The summed E-state index contributed by atoms with van der Waals surface area (Å²) in [7, 11) is 0. The van der Waals surface area contributed by atoms with Gasteiger partial charge in [0.25, 0.3) is 0 Å². The number of carbonyl (C=O) groups excluding carboxylic acids is 2. The van der Waals surface area contributed by atoms with Crippen LogP contribution >= 0.6 is 0 Å². The second-order valence-electron chi connectivity index (χ2n) is 4.89. The molecule has 0 aliphatic rings. The van der Waals surface area contributed by atoms with E-state index in [1.807, 2.05) is 0 Å². The third-order valence-corrected chi connectivity index (χ3v) is 1.85. The van der Waals surface area contributed by atoms with Crippen LogP contribution in [0.3, 0.4) is 0 Å². The normalized spacial score (nSPS) is 10.7. The molecule has 0 aromatic heterocycles. The zero-order chi connectivity index (χ0) is 13.8. The minimum absolute atomic E-state index is 0.136. The molecule has 0 aliphatic heterocycles. The highest BCUT2D eigenvalue weighted by molar-refractivity contribution is 5.89. The molecule has 0 unspecified atom stereocenters. The number of amides is 2. The highest BCUT2D eigenvalue weighted by Crippen LogP contribution is 2.15. The van der Waals surface area contributed by atoms with Crippen LogP contribution in [0, 0.1) is 0 Å². The van der Waals surface area contributed by atoms with E-state index in [0.717, 1.165) is 0 Å². The lowest BCUT2D eigenvalue weighted by molar-refractivity contribution is -0.114. The Hall–Kier alpha value is -2.04. The van der Waals surface area contributed by atoms with E-state index in [0.29, 0.717) is 11.4 Å². The first kappa shape index (κ1) is 14.0. The van der Waals surface area contributed by atoms with Crippen LogP contribution in [-0.4, -0.2) is 17.6 Å². The van der Waals surface area contributed by atoms with Crippen molar-refractivity contribution in [3.8, 4) is 0 Å². The first-order valence-electron chi connectivity index (χ1n) is 5.64. The van der Waals surface area contributed by atoms with E-state index in [-0.39, 0.29) is 5.91 Å². The molecule has 0 fully saturated rings. The molecule has 0 spiro atoms. The van der Waals surface area contributed by atoms with Gasteiger partial charge in [-0.15, -0.1) is 0 Å². The van der Waals surface area contributed by atoms with Gasteiger partial charge in [0.1, 0.15) is 5.60 Å². The molecule has 0 saturated carbocycles. The van der Waals surface area contributed by atoms with E-state index >= 15 is 0 Å². The van der Waals surface area contributed by atoms with Crippen molar-refractivity contribution in [2.75, 3.05) is 10.6 Å². The van der Waals surface area contributed by atoms with Gasteiger partial charge in [0.15, 0.2) is 0 Å². The molecule has 1 aromatic rings. The van der Waals surface area contributed by atoms with Crippen molar-refractivity contribution in [3.05, 3.63) is 24.3 Å². The van der Waals surface area contributed by atoms with Gasteiger partial charge in [-0.3, -0.25) is 10.1 Å². The molecule has 5 nitrogen and oxygen atoms in total. The number of hydrogen-bond donors (Lipinski definition) is 2. The van der Waals surface area contributed by atoms with Crippen molar-refractivity contribution in [3.63, 3.8) is 0 Å². The molecule has 98 valence electrons. The van der Waals surface area contributed by atoms with Gasteiger partial charge in [-0.05, 0) is 45.0 Å². The Bertz CT molecular complexity index is 433. The zero-order valence-electron chi connectivity index (χ0n) is 11.0. The smallest absolute Gasteiger partial charge is 0.412 e. The number of hydrogen-bond acceptors (Lipinski definition) is 3. The van der Waals surface area contributed by atoms with E-state index in [9.17, 15) is 9.59 Å². The van der Waals surface area contributed by atoms with Crippen LogP contribution in [0.2, 0.25) is 0 Å². The van der Waals surface area contributed by atoms with Gasteiger partial charge in [0.05, 0.1) is 0 Å². The Labute approximate surface area is 107 Å². The monoisotopic (exact) mass is 250 g/mol. The second-order valence-corrected chi connectivity index (χ2v) is 4.89. The lowest BCUT2D eigenvalue weighted by Crippen LogP contribution is -2.27. The summed E-state index contributed by atoms with van der Waals surface area (Å²) >= 11 is 0. The average Bonchev–Trinajstić information content (AvgIpc) is 2.17. The summed E-state index contributed by atoms with van der Waals surface area (Å²) < 4.78 is 5.12. The zero-order valence-corrected chi connectivity index (χ0v) is 11.0. The molecule has 1 aromatic carbocycles. The topological polar surface area (TPSA) is 67.4 Å². The fourth-order valence-corrected chi connectivity index (χ4v) is 1.26. The van der Waals surface area contributed by atoms with E-state index in [4.69, 9.17) is 4.74 Å². The first-order valence-corrected chi connectivity index (χ1v) is 5.64. The van der Waals surface area contributed by atoms with Crippen molar-refractivity contribution in [2.24, 2.45) is 0 Å². The maximum atomic E-state index is 11.5. The van der Waals surface area contributed by atoms with Crippen molar-refractivity contribution in [1.29, 1.82) is 0 Å². The molecule has 18 heavy (non-hydrogen) atoms. The minimum atomic E-state index is -0.528. The van der Waals surface area contributed by atoms with Crippen molar-refractivity contribution in [2.45, 2.75) is 33.3 Å². The van der Waals surface area contributed by atoms with Crippen LogP contribution in [0.1, 0.15) is 27.7 Å². The first-order chi connectivity index (χ1) is 8.26. The van der Waals surface area contributed by atoms with Crippen LogP contribution < -0.4 is 10.6 Å². The summed E-state index contributed by atoms with van der Waals surface area (Å²) in [6.07, 6.45) is -0.505. The van der Waals surface area contributed by atoms with Crippen molar-refractivity contribution >= 4 is 23.4 Å². The summed E-state index contributed by atoms with van der Waals surface area (Å²) in [5, 5.41) is 5.25. The van der Waals surface area contributed by atoms with Crippen LogP contribution in [-0.2, 0) is 9.53 Å². The molecule has 2 N–H and O–H groups in total. The summed E-state index contributed by atoms with van der Waals surface area (Å²) in [4.78, 5) is 22.3. The molecule has 0 bridgehead atoms. The van der Waals surface area contributed by atoms with E-state index in [1.165, 1.54) is 6.92 Å². The highest BCUT2D eigenvalue weighted by Gasteiger charge is 2.15. The molecule has 1 rings (SSSR count). The largest absolute Gasteiger partial charge is 0.444 e. The van der Waals surface area contributed by atoms with Crippen LogP contribution in [0.25, 0.3) is 0 Å². The SMILES string of the molecule is CC(=O)Nc1ccc(NC(=O)OC(C)(C)C)cc1. The molecular weight excluding hydrogens is 232 g/mol. The Balaban J connectivity index is 2.58. The van der Waals surface area contributed by atoms with Crippen LogP contribution in [0.5, 0.6) is 0 Å². The second kappa shape index (κ2) is 5.53. The predicted octanol–water partition coefficient (Wildman–Crippen LogP) is 2.99. The fraction of sp³-hybridized carbons (Fsp3) is 0.385. The lowest BCUT2D eigenvalue weighted by Gasteiger charge is -2.19. The molecule has 5 heteroatoms. The minimum Gasteiger partial charge on any atom is -0.444 e. The fourth-order valence-electron chi connectivity index (χ4n) is 1.26. The predicted molar refractivity (Wildman–Crippen MR) is 70.6 cm³/mol. The van der Waals surface area contributed by atoms with E-state index < -0.39 is 11.7 Å². The van der Waals surface area contributed by atoms with Crippen LogP contribution in [0.15, 0.2) is 24.3 Å². The number of benzene rings is 1. The van der Waals surface area contributed by atoms with Gasteiger partial charge in [0.2, 0.25) is 5.91 Å². The number of anilines is 2. The van der Waals surface area contributed by atoms with E-state index in [2.05, 4.69) is 10.6 Å². The Morgan fingerprint density at radius 3 is 1.83 bits per heavy atom. The maximum absolute atomic E-state index is 11.5. The number of nitrogens with one attached hydrogen (secondary N) is 2. The van der Waals surface area contributed by atoms with Gasteiger partial charge in [-0.25, -0.2) is 4.79 Å². The summed E-state index contributed by atoms with van der Waals surface area (Å²) in [5.41, 5.74) is 0.760. The molecule has 0 saturated heterocycles. The van der Waals surface area contributed by atoms with Gasteiger partial charge < -0.3 is 10.1 Å². The number of ether oxygens (including phenoxy) is 1. The van der Waals surface area contributed by atoms with Crippen molar-refractivity contribution < 1.29 is 14.3 Å². The summed E-state index contributed by atoms with van der Waals surface area (Å²) in [6.45, 7) is 6.83. The third kappa shape index (κ3) is 5.34. The summed E-state index contributed by atoms with van der Waals surface area (Å²) in [6, 6.07) is 6.78. The van der Waals surface area contributed by atoms with Gasteiger partial charge in [-0.1, -0.05) is 0 Å². The van der Waals surface area contributed by atoms with Crippen molar-refractivity contribution in [1.82, 2.24) is 0 Å². The average molecular weight is 250 g/mol. The van der Waals surface area contributed by atoms with E-state index in [1.54, 1.807) is 45.0 Å². The van der Waals surface area contributed by atoms with Gasteiger partial charge in [-0.2, -0.15) is 0 Å². The standard InChI is InChI=1S/C13H18N2O3/c1-9(16)14-10-5-7-11(8-6-10)15-12(17)18-13(2,3)4/h5-8H,1-4H3,(H,14,16)(H,15,17). The third-order valence-electron chi connectivity index (χ3n) is 1.85. The number of rotatable bonds is 2. The quantitative estimate of drug-likeness (QED) is 0.847. The molecule has 0 radical (unpaired) electrons. The molecular formula is C13H18N2O3. The molecule has 0 atom stereocenters. The Morgan fingerprint density at radius 2 is 1.44 bits per heavy atom. The maximum Gasteiger partial charge on any atom is 0.412 e.